The zero-order valence-corrected chi connectivity index (χ0v) is 13.5. The third kappa shape index (κ3) is 4.59. The summed E-state index contributed by atoms with van der Waals surface area (Å²) in [4.78, 5) is 14.4. The molecule has 112 valence electrons. The maximum absolute atomic E-state index is 11.9. The van der Waals surface area contributed by atoms with Crippen LogP contribution in [0.1, 0.15) is 29.5 Å². The second-order valence-corrected chi connectivity index (χ2v) is 9.26. The summed E-state index contributed by atoms with van der Waals surface area (Å²) in [6.07, 6.45) is 1.77. The molecule has 0 bridgehead atoms. The Hall–Kier alpha value is -0.880. The molecule has 6 heteroatoms. The Balaban J connectivity index is 1.77. The van der Waals surface area contributed by atoms with Crippen molar-refractivity contribution in [3.8, 4) is 0 Å². The molecule has 1 aromatic rings. The van der Waals surface area contributed by atoms with Gasteiger partial charge < -0.3 is 5.32 Å². The number of sulfone groups is 1. The maximum Gasteiger partial charge on any atom is 0.220 e. The van der Waals surface area contributed by atoms with Gasteiger partial charge in [0, 0.05) is 28.6 Å². The molecular formula is C14H21NO3S2. The van der Waals surface area contributed by atoms with E-state index in [-0.39, 0.29) is 29.4 Å². The lowest BCUT2D eigenvalue weighted by Gasteiger charge is -2.14. The molecule has 1 aliphatic rings. The van der Waals surface area contributed by atoms with Crippen LogP contribution in [0.5, 0.6) is 0 Å². The van der Waals surface area contributed by atoms with E-state index in [1.54, 1.807) is 11.3 Å². The number of thiophene rings is 1. The van der Waals surface area contributed by atoms with Gasteiger partial charge in [0.15, 0.2) is 9.84 Å². The van der Waals surface area contributed by atoms with Crippen molar-refractivity contribution >= 4 is 27.1 Å². The molecule has 0 radical (unpaired) electrons. The molecule has 1 fully saturated rings. The molecule has 0 unspecified atom stereocenters. The van der Waals surface area contributed by atoms with Crippen molar-refractivity contribution in [3.63, 3.8) is 0 Å². The number of hydrogen-bond donors (Lipinski definition) is 1. The largest absolute Gasteiger partial charge is 0.353 e. The first-order valence-corrected chi connectivity index (χ1v) is 9.53. The van der Waals surface area contributed by atoms with E-state index in [0.29, 0.717) is 12.8 Å². The number of hydrogen-bond acceptors (Lipinski definition) is 4. The van der Waals surface area contributed by atoms with Crippen LogP contribution in [0.15, 0.2) is 12.1 Å². The molecule has 20 heavy (non-hydrogen) atoms. The van der Waals surface area contributed by atoms with Gasteiger partial charge in [-0.05, 0) is 38.3 Å². The zero-order chi connectivity index (χ0) is 14.8. The third-order valence-electron chi connectivity index (χ3n) is 3.51. The lowest BCUT2D eigenvalue weighted by atomic mass is 10.0. The average Bonchev–Trinajstić information content (AvgIpc) is 2.84. The van der Waals surface area contributed by atoms with Gasteiger partial charge >= 0.3 is 0 Å². The summed E-state index contributed by atoms with van der Waals surface area (Å²) in [6.45, 7) is 4.05. The molecule has 0 aromatic carbocycles. The summed E-state index contributed by atoms with van der Waals surface area (Å²) in [5.41, 5.74) is 0. The van der Waals surface area contributed by atoms with Gasteiger partial charge in [-0.15, -0.1) is 11.3 Å². The van der Waals surface area contributed by atoms with E-state index in [0.717, 1.165) is 6.42 Å². The minimum atomic E-state index is -2.89. The molecule has 0 spiro atoms. The topological polar surface area (TPSA) is 63.2 Å². The van der Waals surface area contributed by atoms with Crippen LogP contribution in [0.3, 0.4) is 0 Å². The molecule has 2 heterocycles. The predicted molar refractivity (Wildman–Crippen MR) is 81.7 cm³/mol. The molecular weight excluding hydrogens is 294 g/mol. The van der Waals surface area contributed by atoms with E-state index in [2.05, 4.69) is 24.4 Å². The summed E-state index contributed by atoms with van der Waals surface area (Å²) in [7, 11) is -2.89. The monoisotopic (exact) mass is 315 g/mol. The molecule has 4 nitrogen and oxygen atoms in total. The van der Waals surface area contributed by atoms with Gasteiger partial charge in [-0.25, -0.2) is 8.42 Å². The first-order chi connectivity index (χ1) is 9.34. The molecule has 1 aromatic heterocycles. The van der Waals surface area contributed by atoms with Gasteiger partial charge in [-0.1, -0.05) is 0 Å². The maximum atomic E-state index is 11.9. The average molecular weight is 315 g/mol. The van der Waals surface area contributed by atoms with Crippen molar-refractivity contribution in [1.82, 2.24) is 5.32 Å². The van der Waals surface area contributed by atoms with Crippen LogP contribution in [0.2, 0.25) is 0 Å². The number of aryl methyl sites for hydroxylation is 1. The highest BCUT2D eigenvalue weighted by Crippen LogP contribution is 2.21. The number of carbonyl (C=O) groups excluding carboxylic acids is 1. The molecule has 2 rings (SSSR count). The van der Waals surface area contributed by atoms with E-state index in [4.69, 9.17) is 0 Å². The fourth-order valence-electron chi connectivity index (χ4n) is 2.58. The van der Waals surface area contributed by atoms with Crippen LogP contribution >= 0.6 is 11.3 Å². The fourth-order valence-corrected chi connectivity index (χ4v) is 5.46. The Kier molecular flexibility index (Phi) is 4.86. The van der Waals surface area contributed by atoms with Gasteiger partial charge in [-0.2, -0.15) is 0 Å². The Morgan fingerprint density at radius 1 is 1.50 bits per heavy atom. The van der Waals surface area contributed by atoms with Crippen molar-refractivity contribution < 1.29 is 13.2 Å². The van der Waals surface area contributed by atoms with Crippen LogP contribution in [-0.4, -0.2) is 31.9 Å². The van der Waals surface area contributed by atoms with E-state index in [9.17, 15) is 13.2 Å². The van der Waals surface area contributed by atoms with E-state index < -0.39 is 9.84 Å². The van der Waals surface area contributed by atoms with Crippen LogP contribution in [-0.2, 0) is 21.1 Å². The standard InChI is InChI=1S/C14H21NO3S2/c1-10(7-13-4-3-11(2)19-13)15-14(16)8-12-5-6-20(17,18)9-12/h3-4,10,12H,5-9H2,1-2H3,(H,15,16)/t10-,12-/m0/s1. The highest BCUT2D eigenvalue weighted by molar-refractivity contribution is 7.91. The number of carbonyl (C=O) groups is 1. The van der Waals surface area contributed by atoms with E-state index in [1.807, 2.05) is 6.92 Å². The van der Waals surface area contributed by atoms with Gasteiger partial charge in [0.2, 0.25) is 5.91 Å². The van der Waals surface area contributed by atoms with Gasteiger partial charge in [-0.3, -0.25) is 4.79 Å². The van der Waals surface area contributed by atoms with Crippen molar-refractivity contribution in [3.05, 3.63) is 21.9 Å². The van der Waals surface area contributed by atoms with E-state index in [1.165, 1.54) is 9.75 Å². The Morgan fingerprint density at radius 2 is 2.25 bits per heavy atom. The van der Waals surface area contributed by atoms with Crippen LogP contribution < -0.4 is 5.32 Å². The van der Waals surface area contributed by atoms with Crippen LogP contribution in [0, 0.1) is 12.8 Å². The van der Waals surface area contributed by atoms with Crippen molar-refractivity contribution in [2.24, 2.45) is 5.92 Å². The lowest BCUT2D eigenvalue weighted by Crippen LogP contribution is -2.35. The molecule has 1 amide bonds. The lowest BCUT2D eigenvalue weighted by molar-refractivity contribution is -0.122. The Bertz CT molecular complexity index is 577. The summed E-state index contributed by atoms with van der Waals surface area (Å²) in [6, 6.07) is 4.25. The minimum Gasteiger partial charge on any atom is -0.353 e. The minimum absolute atomic E-state index is 0.00353. The van der Waals surface area contributed by atoms with Crippen molar-refractivity contribution in [2.45, 2.75) is 39.2 Å². The van der Waals surface area contributed by atoms with Gasteiger partial charge in [0.05, 0.1) is 11.5 Å². The van der Waals surface area contributed by atoms with Gasteiger partial charge in [0.1, 0.15) is 0 Å². The first-order valence-electron chi connectivity index (χ1n) is 6.89. The van der Waals surface area contributed by atoms with E-state index >= 15 is 0 Å². The van der Waals surface area contributed by atoms with Crippen LogP contribution in [0.4, 0.5) is 0 Å². The van der Waals surface area contributed by atoms with Crippen molar-refractivity contribution in [2.75, 3.05) is 11.5 Å². The number of nitrogens with one attached hydrogen (secondary N) is 1. The van der Waals surface area contributed by atoms with Crippen molar-refractivity contribution in [1.29, 1.82) is 0 Å². The van der Waals surface area contributed by atoms with Gasteiger partial charge in [0.25, 0.3) is 0 Å². The third-order valence-corrected chi connectivity index (χ3v) is 6.37. The van der Waals surface area contributed by atoms with Crippen LogP contribution in [0.25, 0.3) is 0 Å². The highest BCUT2D eigenvalue weighted by atomic mass is 32.2. The zero-order valence-electron chi connectivity index (χ0n) is 11.9. The number of rotatable bonds is 5. The second-order valence-electron chi connectivity index (χ2n) is 5.66. The Labute approximate surface area is 124 Å². The molecule has 1 N–H and O–H groups in total. The number of amides is 1. The second kappa shape index (κ2) is 6.26. The molecule has 1 aliphatic heterocycles. The first kappa shape index (κ1) is 15.5. The highest BCUT2D eigenvalue weighted by Gasteiger charge is 2.29. The fraction of sp³-hybridized carbons (Fsp3) is 0.643. The molecule has 1 saturated heterocycles. The SMILES string of the molecule is Cc1ccc(C[C@H](C)NC(=O)C[C@@H]2CCS(=O)(=O)C2)s1. The summed E-state index contributed by atoms with van der Waals surface area (Å²) in [5, 5.41) is 2.96. The normalized spacial score (nSPS) is 22.6. The molecule has 2 atom stereocenters. The summed E-state index contributed by atoms with van der Waals surface area (Å²) in [5.74, 6) is 0.359. The predicted octanol–water partition coefficient (Wildman–Crippen LogP) is 1.93. The Morgan fingerprint density at radius 3 is 2.80 bits per heavy atom. The summed E-state index contributed by atoms with van der Waals surface area (Å²) >= 11 is 1.75. The molecule has 0 saturated carbocycles. The summed E-state index contributed by atoms with van der Waals surface area (Å²) < 4.78 is 22.7. The quantitative estimate of drug-likeness (QED) is 0.903. The molecule has 0 aliphatic carbocycles. The smallest absolute Gasteiger partial charge is 0.220 e.